The van der Waals surface area contributed by atoms with Gasteiger partial charge in [0.1, 0.15) is 0 Å². The second-order valence-electron chi connectivity index (χ2n) is 5.00. The average Bonchev–Trinajstić information content (AvgIpc) is 2.27. The molecule has 0 amide bonds. The van der Waals surface area contributed by atoms with E-state index in [1.54, 1.807) is 7.11 Å². The Balaban J connectivity index is 3.44. The minimum absolute atomic E-state index is 0.0119. The van der Waals surface area contributed by atoms with Gasteiger partial charge < -0.3 is 9.84 Å². The standard InChI is InChI=1S/C14H21NO3/c1-8(2)10-6-12(18-5)15-14(9(3)4)11(10)7-13(16)17/h6,8-9H,7H2,1-5H3,(H,16,17). The lowest BCUT2D eigenvalue weighted by Gasteiger charge is -2.19. The van der Waals surface area contributed by atoms with Crippen molar-refractivity contribution in [2.24, 2.45) is 0 Å². The molecule has 1 heterocycles. The predicted octanol–water partition coefficient (Wildman–Crippen LogP) is 2.96. The molecule has 1 rings (SSSR count). The minimum Gasteiger partial charge on any atom is -0.481 e. The zero-order valence-electron chi connectivity index (χ0n) is 11.7. The van der Waals surface area contributed by atoms with Crippen molar-refractivity contribution < 1.29 is 14.6 Å². The van der Waals surface area contributed by atoms with Crippen LogP contribution in [0.3, 0.4) is 0 Å². The summed E-state index contributed by atoms with van der Waals surface area (Å²) in [5.74, 6) is 0.142. The van der Waals surface area contributed by atoms with Gasteiger partial charge in [-0.3, -0.25) is 4.79 Å². The fourth-order valence-corrected chi connectivity index (χ4v) is 2.03. The van der Waals surface area contributed by atoms with E-state index in [0.29, 0.717) is 5.88 Å². The number of hydrogen-bond donors (Lipinski definition) is 1. The van der Waals surface area contributed by atoms with Crippen molar-refractivity contribution in [3.63, 3.8) is 0 Å². The van der Waals surface area contributed by atoms with Crippen molar-refractivity contribution in [2.75, 3.05) is 7.11 Å². The Hall–Kier alpha value is -1.58. The SMILES string of the molecule is COc1cc(C(C)C)c(CC(=O)O)c(C(C)C)n1. The smallest absolute Gasteiger partial charge is 0.307 e. The van der Waals surface area contributed by atoms with Crippen molar-refractivity contribution in [3.8, 4) is 5.88 Å². The van der Waals surface area contributed by atoms with Gasteiger partial charge in [-0.25, -0.2) is 4.98 Å². The average molecular weight is 251 g/mol. The zero-order valence-corrected chi connectivity index (χ0v) is 11.7. The van der Waals surface area contributed by atoms with Crippen LogP contribution in [0.15, 0.2) is 6.07 Å². The Labute approximate surface area is 108 Å². The van der Waals surface area contributed by atoms with Crippen molar-refractivity contribution in [3.05, 3.63) is 22.9 Å². The quantitative estimate of drug-likeness (QED) is 0.874. The number of aromatic nitrogens is 1. The lowest BCUT2D eigenvalue weighted by Crippen LogP contribution is -2.12. The van der Waals surface area contributed by atoms with Crippen LogP contribution < -0.4 is 4.74 Å². The molecule has 0 atom stereocenters. The number of rotatable bonds is 5. The Morgan fingerprint density at radius 2 is 1.94 bits per heavy atom. The third-order valence-electron chi connectivity index (χ3n) is 2.87. The van der Waals surface area contributed by atoms with Gasteiger partial charge in [0.15, 0.2) is 0 Å². The van der Waals surface area contributed by atoms with Crippen LogP contribution in [0.25, 0.3) is 0 Å². The van der Waals surface area contributed by atoms with Gasteiger partial charge in [-0.05, 0) is 23.0 Å². The summed E-state index contributed by atoms with van der Waals surface area (Å²) in [6.07, 6.45) is 0.0119. The van der Waals surface area contributed by atoms with Gasteiger partial charge in [-0.2, -0.15) is 0 Å². The molecule has 0 spiro atoms. The summed E-state index contributed by atoms with van der Waals surface area (Å²) in [5.41, 5.74) is 2.65. The maximum atomic E-state index is 11.0. The highest BCUT2D eigenvalue weighted by Crippen LogP contribution is 2.30. The molecule has 4 heteroatoms. The van der Waals surface area contributed by atoms with Gasteiger partial charge in [-0.1, -0.05) is 27.7 Å². The van der Waals surface area contributed by atoms with Gasteiger partial charge >= 0.3 is 5.97 Å². The Bertz CT molecular complexity index is 410. The molecular weight excluding hydrogens is 230 g/mol. The molecular formula is C14H21NO3. The van der Waals surface area contributed by atoms with E-state index >= 15 is 0 Å². The van der Waals surface area contributed by atoms with Crippen LogP contribution in [0.2, 0.25) is 0 Å². The van der Waals surface area contributed by atoms with Crippen LogP contribution in [0.5, 0.6) is 5.88 Å². The molecule has 1 aromatic rings. The summed E-state index contributed by atoms with van der Waals surface area (Å²) in [7, 11) is 1.58. The van der Waals surface area contributed by atoms with Gasteiger partial charge in [0.05, 0.1) is 19.2 Å². The largest absolute Gasteiger partial charge is 0.481 e. The second-order valence-corrected chi connectivity index (χ2v) is 5.00. The molecule has 0 unspecified atom stereocenters. The van der Waals surface area contributed by atoms with Crippen LogP contribution in [-0.2, 0) is 11.2 Å². The van der Waals surface area contributed by atoms with Crippen LogP contribution in [0.1, 0.15) is 56.4 Å². The summed E-state index contributed by atoms with van der Waals surface area (Å²) in [4.78, 5) is 15.4. The maximum absolute atomic E-state index is 11.0. The van der Waals surface area contributed by atoms with Crippen LogP contribution in [-0.4, -0.2) is 23.2 Å². The lowest BCUT2D eigenvalue weighted by molar-refractivity contribution is -0.136. The topological polar surface area (TPSA) is 59.4 Å². The van der Waals surface area contributed by atoms with E-state index in [4.69, 9.17) is 9.84 Å². The summed E-state index contributed by atoms with van der Waals surface area (Å²) in [6.45, 7) is 8.11. The van der Waals surface area contributed by atoms with E-state index in [1.165, 1.54) is 0 Å². The first-order valence-electron chi connectivity index (χ1n) is 6.16. The highest BCUT2D eigenvalue weighted by Gasteiger charge is 2.19. The molecule has 18 heavy (non-hydrogen) atoms. The third kappa shape index (κ3) is 3.22. The number of nitrogens with zero attached hydrogens (tertiary/aromatic N) is 1. The normalized spacial score (nSPS) is 11.1. The molecule has 0 aliphatic heterocycles. The molecule has 4 nitrogen and oxygen atoms in total. The monoisotopic (exact) mass is 251 g/mol. The Kier molecular flexibility index (Phi) is 4.70. The van der Waals surface area contributed by atoms with E-state index in [2.05, 4.69) is 4.98 Å². The van der Waals surface area contributed by atoms with Gasteiger partial charge in [0.25, 0.3) is 0 Å². The summed E-state index contributed by atoms with van der Waals surface area (Å²) in [6, 6.07) is 1.84. The minimum atomic E-state index is -0.828. The molecule has 0 saturated heterocycles. The van der Waals surface area contributed by atoms with E-state index < -0.39 is 5.97 Å². The second kappa shape index (κ2) is 5.85. The first kappa shape index (κ1) is 14.5. The van der Waals surface area contributed by atoms with Gasteiger partial charge in [0.2, 0.25) is 5.88 Å². The number of carbonyl (C=O) groups is 1. The molecule has 0 radical (unpaired) electrons. The van der Waals surface area contributed by atoms with Gasteiger partial charge in [0, 0.05) is 6.07 Å². The summed E-state index contributed by atoms with van der Waals surface area (Å²) in [5, 5.41) is 9.05. The molecule has 0 aliphatic carbocycles. The lowest BCUT2D eigenvalue weighted by atomic mass is 9.91. The number of methoxy groups -OCH3 is 1. The molecule has 0 saturated carbocycles. The van der Waals surface area contributed by atoms with Gasteiger partial charge in [-0.15, -0.1) is 0 Å². The number of pyridine rings is 1. The number of ether oxygens (including phenoxy) is 1. The molecule has 0 bridgehead atoms. The molecule has 0 aliphatic rings. The number of hydrogen-bond acceptors (Lipinski definition) is 3. The molecule has 100 valence electrons. The molecule has 0 aromatic carbocycles. The third-order valence-corrected chi connectivity index (χ3v) is 2.87. The summed E-state index contributed by atoms with van der Waals surface area (Å²) >= 11 is 0. The van der Waals surface area contributed by atoms with E-state index in [1.807, 2.05) is 33.8 Å². The van der Waals surface area contributed by atoms with Crippen molar-refractivity contribution in [1.29, 1.82) is 0 Å². The highest BCUT2D eigenvalue weighted by atomic mass is 16.5. The van der Waals surface area contributed by atoms with Crippen LogP contribution in [0, 0.1) is 0 Å². The maximum Gasteiger partial charge on any atom is 0.307 e. The van der Waals surface area contributed by atoms with E-state index in [-0.39, 0.29) is 18.3 Å². The van der Waals surface area contributed by atoms with E-state index in [9.17, 15) is 4.79 Å². The van der Waals surface area contributed by atoms with Crippen LogP contribution >= 0.6 is 0 Å². The van der Waals surface area contributed by atoms with Crippen molar-refractivity contribution >= 4 is 5.97 Å². The van der Waals surface area contributed by atoms with Crippen molar-refractivity contribution in [1.82, 2.24) is 4.98 Å². The number of carboxylic acid groups (broad SMARTS) is 1. The summed E-state index contributed by atoms with van der Waals surface area (Å²) < 4.78 is 5.20. The zero-order chi connectivity index (χ0) is 13.9. The van der Waals surface area contributed by atoms with Crippen LogP contribution in [0.4, 0.5) is 0 Å². The Morgan fingerprint density at radius 3 is 2.33 bits per heavy atom. The fraction of sp³-hybridized carbons (Fsp3) is 0.571. The molecule has 0 fully saturated rings. The predicted molar refractivity (Wildman–Crippen MR) is 70.3 cm³/mol. The first-order chi connectivity index (χ1) is 8.36. The fourth-order valence-electron chi connectivity index (χ4n) is 2.03. The van der Waals surface area contributed by atoms with E-state index in [0.717, 1.165) is 16.8 Å². The number of aliphatic carboxylic acids is 1. The molecule has 1 aromatic heterocycles. The highest BCUT2D eigenvalue weighted by molar-refractivity contribution is 5.71. The van der Waals surface area contributed by atoms with Crippen molar-refractivity contribution in [2.45, 2.75) is 46.0 Å². The number of carboxylic acids is 1. The molecule has 1 N–H and O–H groups in total. The Morgan fingerprint density at radius 1 is 1.33 bits per heavy atom. The first-order valence-corrected chi connectivity index (χ1v) is 6.16.